The number of esters is 1. The molecule has 106 valence electrons. The predicted molar refractivity (Wildman–Crippen MR) is 71.0 cm³/mol. The van der Waals surface area contributed by atoms with Crippen molar-refractivity contribution in [2.24, 2.45) is 0 Å². The van der Waals surface area contributed by atoms with Gasteiger partial charge in [0.1, 0.15) is 0 Å². The standard InChI is InChI=1S/C12H24O5Si/c1-6-7-8-9-17-12(13)11(2)10-18(14-3,15-4)16-5/h10H,6-9H2,1-5H3. The fourth-order valence-electron chi connectivity index (χ4n) is 1.38. The van der Waals surface area contributed by atoms with Crippen molar-refractivity contribution in [2.75, 3.05) is 27.9 Å². The molecule has 18 heavy (non-hydrogen) atoms. The third-order valence-electron chi connectivity index (χ3n) is 2.55. The van der Waals surface area contributed by atoms with Crippen molar-refractivity contribution >= 4 is 14.8 Å². The molecule has 6 heteroatoms. The van der Waals surface area contributed by atoms with E-state index in [2.05, 4.69) is 6.92 Å². The van der Waals surface area contributed by atoms with Gasteiger partial charge in [-0.2, -0.15) is 0 Å². The molecule has 0 atom stereocenters. The molecule has 0 rings (SSSR count). The molecule has 0 radical (unpaired) electrons. The zero-order chi connectivity index (χ0) is 14.0. The van der Waals surface area contributed by atoms with Crippen LogP contribution in [0.5, 0.6) is 0 Å². The Morgan fingerprint density at radius 1 is 1.11 bits per heavy atom. The summed E-state index contributed by atoms with van der Waals surface area (Å²) >= 11 is 0. The number of hydrogen-bond acceptors (Lipinski definition) is 5. The summed E-state index contributed by atoms with van der Waals surface area (Å²) in [6, 6.07) is 0. The highest BCUT2D eigenvalue weighted by atomic mass is 28.4. The summed E-state index contributed by atoms with van der Waals surface area (Å²) in [5.74, 6) is -0.353. The lowest BCUT2D eigenvalue weighted by atomic mass is 10.3. The van der Waals surface area contributed by atoms with E-state index in [1.54, 1.807) is 12.6 Å². The van der Waals surface area contributed by atoms with Crippen molar-refractivity contribution in [3.63, 3.8) is 0 Å². The Kier molecular flexibility index (Phi) is 8.91. The SMILES string of the molecule is CCCCCOC(=O)C(C)=C[Si](OC)(OC)OC. The van der Waals surface area contributed by atoms with Crippen LogP contribution in [0.3, 0.4) is 0 Å². The normalized spacial score (nSPS) is 12.6. The van der Waals surface area contributed by atoms with E-state index in [0.29, 0.717) is 12.2 Å². The number of hydrogen-bond donors (Lipinski definition) is 0. The average Bonchev–Trinajstić information content (AvgIpc) is 2.40. The van der Waals surface area contributed by atoms with E-state index in [9.17, 15) is 4.79 Å². The molecule has 0 aliphatic carbocycles. The highest BCUT2D eigenvalue weighted by molar-refractivity contribution is 6.66. The Bertz CT molecular complexity index is 265. The summed E-state index contributed by atoms with van der Waals surface area (Å²) in [7, 11) is 1.63. The second kappa shape index (κ2) is 9.27. The van der Waals surface area contributed by atoms with Crippen LogP contribution in [-0.2, 0) is 22.8 Å². The van der Waals surface area contributed by atoms with Crippen LogP contribution >= 0.6 is 0 Å². The van der Waals surface area contributed by atoms with Gasteiger partial charge < -0.3 is 18.0 Å². The summed E-state index contributed by atoms with van der Waals surface area (Å²) in [6.45, 7) is 4.21. The highest BCUT2D eigenvalue weighted by Gasteiger charge is 2.36. The lowest BCUT2D eigenvalue weighted by Gasteiger charge is -2.21. The second-order valence-electron chi connectivity index (χ2n) is 3.89. The first-order valence-corrected chi connectivity index (χ1v) is 7.87. The van der Waals surface area contributed by atoms with Crippen LogP contribution in [0.25, 0.3) is 0 Å². The van der Waals surface area contributed by atoms with Gasteiger partial charge in [-0.3, -0.25) is 0 Å². The molecule has 0 amide bonds. The molecule has 0 unspecified atom stereocenters. The number of ether oxygens (including phenoxy) is 1. The fourth-order valence-corrected chi connectivity index (χ4v) is 2.88. The zero-order valence-electron chi connectivity index (χ0n) is 11.9. The fraction of sp³-hybridized carbons (Fsp3) is 0.750. The van der Waals surface area contributed by atoms with Crippen LogP contribution in [0, 0.1) is 0 Å². The molecule has 0 aromatic carbocycles. The van der Waals surface area contributed by atoms with E-state index < -0.39 is 8.80 Å². The van der Waals surface area contributed by atoms with Crippen molar-refractivity contribution in [1.29, 1.82) is 0 Å². The van der Waals surface area contributed by atoms with Gasteiger partial charge in [0.15, 0.2) is 0 Å². The largest absolute Gasteiger partial charge is 0.529 e. The van der Waals surface area contributed by atoms with Crippen LogP contribution in [0.1, 0.15) is 33.1 Å². The smallest absolute Gasteiger partial charge is 0.462 e. The molecule has 0 aromatic heterocycles. The van der Waals surface area contributed by atoms with E-state index in [1.807, 2.05) is 0 Å². The summed E-state index contributed by atoms with van der Waals surface area (Å²) in [6.07, 6.45) is 3.04. The minimum Gasteiger partial charge on any atom is -0.462 e. The maximum Gasteiger partial charge on any atom is 0.529 e. The Balaban J connectivity index is 4.42. The lowest BCUT2D eigenvalue weighted by Crippen LogP contribution is -2.41. The molecular weight excluding hydrogens is 252 g/mol. The third kappa shape index (κ3) is 5.77. The van der Waals surface area contributed by atoms with Crippen LogP contribution in [-0.4, -0.2) is 42.7 Å². The molecule has 0 saturated carbocycles. The summed E-state index contributed by atoms with van der Waals surface area (Å²) in [5, 5.41) is 0. The minimum absolute atomic E-state index is 0.353. The topological polar surface area (TPSA) is 54.0 Å². The number of unbranched alkanes of at least 4 members (excludes halogenated alkanes) is 2. The zero-order valence-corrected chi connectivity index (χ0v) is 12.9. The predicted octanol–water partition coefficient (Wildman–Crippen LogP) is 2.08. The molecule has 0 N–H and O–H groups in total. The molecular formula is C12H24O5Si. The van der Waals surface area contributed by atoms with E-state index in [4.69, 9.17) is 18.0 Å². The Labute approximate surface area is 110 Å². The van der Waals surface area contributed by atoms with Crippen molar-refractivity contribution < 1.29 is 22.8 Å². The van der Waals surface area contributed by atoms with Gasteiger partial charge in [-0.15, -0.1) is 0 Å². The van der Waals surface area contributed by atoms with Gasteiger partial charge in [-0.05, 0) is 19.0 Å². The Morgan fingerprint density at radius 3 is 2.11 bits per heavy atom. The van der Waals surface area contributed by atoms with Crippen LogP contribution in [0.4, 0.5) is 0 Å². The molecule has 0 aromatic rings. The molecule has 0 heterocycles. The Hall–Kier alpha value is -0.693. The summed E-state index contributed by atoms with van der Waals surface area (Å²) in [5.41, 5.74) is 2.04. The molecule has 0 aliphatic rings. The van der Waals surface area contributed by atoms with Gasteiger partial charge in [0, 0.05) is 26.9 Å². The van der Waals surface area contributed by atoms with Crippen molar-refractivity contribution in [1.82, 2.24) is 0 Å². The van der Waals surface area contributed by atoms with Crippen LogP contribution in [0.2, 0.25) is 0 Å². The van der Waals surface area contributed by atoms with E-state index in [-0.39, 0.29) is 5.97 Å². The van der Waals surface area contributed by atoms with Crippen molar-refractivity contribution in [3.05, 3.63) is 11.3 Å². The lowest BCUT2D eigenvalue weighted by molar-refractivity contribution is -0.139. The minimum atomic E-state index is -2.86. The molecule has 0 spiro atoms. The summed E-state index contributed by atoms with van der Waals surface area (Å²) < 4.78 is 20.8. The van der Waals surface area contributed by atoms with Gasteiger partial charge >= 0.3 is 14.8 Å². The quantitative estimate of drug-likeness (QED) is 0.279. The van der Waals surface area contributed by atoms with Gasteiger partial charge in [-0.25, -0.2) is 4.79 Å². The van der Waals surface area contributed by atoms with E-state index >= 15 is 0 Å². The van der Waals surface area contributed by atoms with Crippen LogP contribution in [0.15, 0.2) is 11.3 Å². The van der Waals surface area contributed by atoms with Gasteiger partial charge in [-0.1, -0.05) is 19.8 Å². The second-order valence-corrected chi connectivity index (χ2v) is 6.61. The first kappa shape index (κ1) is 17.3. The van der Waals surface area contributed by atoms with Crippen molar-refractivity contribution in [2.45, 2.75) is 33.1 Å². The molecule has 0 bridgehead atoms. The molecule has 0 aliphatic heterocycles. The number of carbonyl (C=O) groups excluding carboxylic acids is 1. The van der Waals surface area contributed by atoms with Gasteiger partial charge in [0.2, 0.25) is 0 Å². The number of rotatable bonds is 9. The first-order valence-electron chi connectivity index (χ1n) is 6.07. The molecule has 0 saturated heterocycles. The Morgan fingerprint density at radius 2 is 1.67 bits per heavy atom. The maximum absolute atomic E-state index is 11.7. The van der Waals surface area contributed by atoms with E-state index in [1.165, 1.54) is 21.3 Å². The van der Waals surface area contributed by atoms with Crippen LogP contribution < -0.4 is 0 Å². The monoisotopic (exact) mass is 276 g/mol. The van der Waals surface area contributed by atoms with E-state index in [0.717, 1.165) is 19.3 Å². The average molecular weight is 276 g/mol. The first-order chi connectivity index (χ1) is 8.55. The molecule has 5 nitrogen and oxygen atoms in total. The molecule has 0 fully saturated rings. The third-order valence-corrected chi connectivity index (χ3v) is 5.04. The van der Waals surface area contributed by atoms with Gasteiger partial charge in [0.25, 0.3) is 0 Å². The summed E-state index contributed by atoms with van der Waals surface area (Å²) in [4.78, 5) is 11.7. The van der Waals surface area contributed by atoms with Gasteiger partial charge in [0.05, 0.1) is 6.61 Å². The number of carbonyl (C=O) groups is 1. The highest BCUT2D eigenvalue weighted by Crippen LogP contribution is 2.12. The van der Waals surface area contributed by atoms with Crippen molar-refractivity contribution in [3.8, 4) is 0 Å². The maximum atomic E-state index is 11.7.